The van der Waals surface area contributed by atoms with Crippen molar-refractivity contribution in [1.82, 2.24) is 9.38 Å². The van der Waals surface area contributed by atoms with E-state index < -0.39 is 17.5 Å². The average Bonchev–Trinajstić information content (AvgIpc) is 2.47. The maximum absolute atomic E-state index is 11.9. The van der Waals surface area contributed by atoms with E-state index in [0.29, 0.717) is 0 Å². The van der Waals surface area contributed by atoms with Gasteiger partial charge in [0, 0.05) is 12.3 Å². The lowest BCUT2D eigenvalue weighted by Gasteiger charge is -2.06. The van der Waals surface area contributed by atoms with Gasteiger partial charge in [0.15, 0.2) is 5.69 Å². The van der Waals surface area contributed by atoms with Crippen LogP contribution < -0.4 is 5.56 Å². The van der Waals surface area contributed by atoms with Gasteiger partial charge in [0.2, 0.25) is 0 Å². The van der Waals surface area contributed by atoms with E-state index in [2.05, 4.69) is 4.98 Å². The highest BCUT2D eigenvalue weighted by molar-refractivity contribution is 5.91. The van der Waals surface area contributed by atoms with Crippen molar-refractivity contribution >= 4 is 17.6 Å². The summed E-state index contributed by atoms with van der Waals surface area (Å²) in [5.74, 6) is -1.20. The summed E-state index contributed by atoms with van der Waals surface area (Å²) >= 11 is 0. The first-order valence-corrected chi connectivity index (χ1v) is 6.44. The van der Waals surface area contributed by atoms with Crippen molar-refractivity contribution in [3.8, 4) is 0 Å². The first-order chi connectivity index (χ1) is 10.1. The van der Waals surface area contributed by atoms with Crippen LogP contribution in [0, 0.1) is 0 Å². The Hall–Kier alpha value is -2.70. The predicted molar refractivity (Wildman–Crippen MR) is 73.4 cm³/mol. The molecule has 0 aliphatic rings. The quantitative estimate of drug-likeness (QED) is 0.782. The molecule has 2 rings (SSSR count). The topological polar surface area (TPSA) is 87.0 Å². The van der Waals surface area contributed by atoms with Gasteiger partial charge >= 0.3 is 11.9 Å². The van der Waals surface area contributed by atoms with Crippen molar-refractivity contribution in [1.29, 1.82) is 0 Å². The van der Waals surface area contributed by atoms with Gasteiger partial charge in [-0.3, -0.25) is 9.20 Å². The van der Waals surface area contributed by atoms with Crippen LogP contribution in [0.3, 0.4) is 0 Å². The molecule has 7 nitrogen and oxygen atoms in total. The lowest BCUT2D eigenvalue weighted by atomic mass is 10.2. The fourth-order valence-corrected chi connectivity index (χ4v) is 1.75. The molecule has 0 aliphatic heterocycles. The average molecular weight is 290 g/mol. The van der Waals surface area contributed by atoms with Gasteiger partial charge in [-0.2, -0.15) is 0 Å². The SMILES string of the molecule is CCOC(=O)c1ccn2c(=O)cc(C(=O)OCC)nc2c1. The van der Waals surface area contributed by atoms with Crippen molar-refractivity contribution in [2.75, 3.05) is 13.2 Å². The molecule has 0 bridgehead atoms. The Labute approximate surface area is 120 Å². The number of aromatic nitrogens is 2. The molecular formula is C14H14N2O5. The van der Waals surface area contributed by atoms with E-state index >= 15 is 0 Å². The molecule has 0 radical (unpaired) electrons. The van der Waals surface area contributed by atoms with E-state index in [1.165, 1.54) is 22.7 Å². The normalized spacial score (nSPS) is 10.4. The van der Waals surface area contributed by atoms with E-state index in [1.807, 2.05) is 0 Å². The number of nitrogens with zero attached hydrogens (tertiary/aromatic N) is 2. The molecule has 21 heavy (non-hydrogen) atoms. The van der Waals surface area contributed by atoms with Crippen molar-refractivity contribution in [3.63, 3.8) is 0 Å². The van der Waals surface area contributed by atoms with E-state index in [1.54, 1.807) is 13.8 Å². The highest BCUT2D eigenvalue weighted by Gasteiger charge is 2.13. The fourth-order valence-electron chi connectivity index (χ4n) is 1.75. The first-order valence-electron chi connectivity index (χ1n) is 6.44. The third kappa shape index (κ3) is 3.07. The molecule has 0 aromatic carbocycles. The molecule has 0 saturated heterocycles. The van der Waals surface area contributed by atoms with Crippen LogP contribution in [0.15, 0.2) is 29.2 Å². The third-order valence-corrected chi connectivity index (χ3v) is 2.66. The molecule has 2 heterocycles. The van der Waals surface area contributed by atoms with Crippen molar-refractivity contribution in [2.24, 2.45) is 0 Å². The number of carbonyl (C=O) groups excluding carboxylic acids is 2. The van der Waals surface area contributed by atoms with Gasteiger partial charge in [0.25, 0.3) is 5.56 Å². The molecule has 0 fully saturated rings. The van der Waals surface area contributed by atoms with E-state index in [9.17, 15) is 14.4 Å². The van der Waals surface area contributed by atoms with Crippen LogP contribution in [0.5, 0.6) is 0 Å². The highest BCUT2D eigenvalue weighted by Crippen LogP contribution is 2.07. The zero-order valence-electron chi connectivity index (χ0n) is 11.7. The zero-order chi connectivity index (χ0) is 15.4. The third-order valence-electron chi connectivity index (χ3n) is 2.66. The standard InChI is InChI=1S/C14H14N2O5/c1-3-20-13(18)9-5-6-16-11(7-9)15-10(8-12(16)17)14(19)21-4-2/h5-8H,3-4H2,1-2H3. The summed E-state index contributed by atoms with van der Waals surface area (Å²) in [5, 5.41) is 0. The first kappa shape index (κ1) is 14.7. The van der Waals surface area contributed by atoms with Gasteiger partial charge in [0.1, 0.15) is 5.65 Å². The Morgan fingerprint density at radius 1 is 1.14 bits per heavy atom. The molecule has 2 aromatic rings. The molecule has 0 aliphatic carbocycles. The van der Waals surface area contributed by atoms with Crippen LogP contribution in [0.1, 0.15) is 34.7 Å². The van der Waals surface area contributed by atoms with Crippen LogP contribution in [-0.4, -0.2) is 34.5 Å². The fraction of sp³-hybridized carbons (Fsp3) is 0.286. The summed E-state index contributed by atoms with van der Waals surface area (Å²) < 4.78 is 10.9. The number of rotatable bonds is 4. The lowest BCUT2D eigenvalue weighted by molar-refractivity contribution is 0.0514. The minimum absolute atomic E-state index is 0.0946. The monoisotopic (exact) mass is 290 g/mol. The highest BCUT2D eigenvalue weighted by atomic mass is 16.5. The molecule has 2 aromatic heterocycles. The molecular weight excluding hydrogens is 276 g/mol. The summed E-state index contributed by atoms with van der Waals surface area (Å²) in [6.45, 7) is 3.78. The van der Waals surface area contributed by atoms with E-state index in [4.69, 9.17) is 9.47 Å². The van der Waals surface area contributed by atoms with Crippen LogP contribution in [-0.2, 0) is 9.47 Å². The molecule has 7 heteroatoms. The van der Waals surface area contributed by atoms with Gasteiger partial charge in [-0.1, -0.05) is 0 Å². The summed E-state index contributed by atoms with van der Waals surface area (Å²) in [7, 11) is 0. The second kappa shape index (κ2) is 6.17. The summed E-state index contributed by atoms with van der Waals surface area (Å²) in [5.41, 5.74) is -0.0952. The largest absolute Gasteiger partial charge is 0.462 e. The Morgan fingerprint density at radius 2 is 1.81 bits per heavy atom. The molecule has 0 atom stereocenters. The van der Waals surface area contributed by atoms with Gasteiger partial charge in [-0.25, -0.2) is 14.6 Å². The summed E-state index contributed by atoms with van der Waals surface area (Å²) in [4.78, 5) is 39.3. The Morgan fingerprint density at radius 3 is 2.48 bits per heavy atom. The number of hydrogen-bond donors (Lipinski definition) is 0. The van der Waals surface area contributed by atoms with Gasteiger partial charge in [-0.05, 0) is 26.0 Å². The van der Waals surface area contributed by atoms with Crippen molar-refractivity contribution in [2.45, 2.75) is 13.8 Å². The van der Waals surface area contributed by atoms with Crippen LogP contribution >= 0.6 is 0 Å². The number of carbonyl (C=O) groups is 2. The molecule has 110 valence electrons. The predicted octanol–water partition coefficient (Wildman–Crippen LogP) is 1.05. The molecule has 0 N–H and O–H groups in total. The number of fused-ring (bicyclic) bond motifs is 1. The number of ether oxygens (including phenoxy) is 2. The molecule has 0 spiro atoms. The maximum Gasteiger partial charge on any atom is 0.357 e. The summed E-state index contributed by atoms with van der Waals surface area (Å²) in [6, 6.07) is 3.94. The summed E-state index contributed by atoms with van der Waals surface area (Å²) in [6.07, 6.45) is 1.41. The van der Waals surface area contributed by atoms with Gasteiger partial charge in [0.05, 0.1) is 18.8 Å². The maximum atomic E-state index is 11.9. The smallest absolute Gasteiger partial charge is 0.357 e. The Kier molecular flexibility index (Phi) is 4.32. The van der Waals surface area contributed by atoms with Gasteiger partial charge < -0.3 is 9.47 Å². The minimum atomic E-state index is -0.682. The Bertz CT molecular complexity index is 745. The molecule has 0 amide bonds. The minimum Gasteiger partial charge on any atom is -0.462 e. The van der Waals surface area contributed by atoms with Crippen LogP contribution in [0.2, 0.25) is 0 Å². The number of pyridine rings is 1. The van der Waals surface area contributed by atoms with Crippen molar-refractivity contribution in [3.05, 3.63) is 46.0 Å². The van der Waals surface area contributed by atoms with Crippen LogP contribution in [0.4, 0.5) is 0 Å². The van der Waals surface area contributed by atoms with Crippen molar-refractivity contribution < 1.29 is 19.1 Å². The second-order valence-corrected chi connectivity index (χ2v) is 4.06. The van der Waals surface area contributed by atoms with E-state index in [-0.39, 0.29) is 30.1 Å². The number of hydrogen-bond acceptors (Lipinski definition) is 6. The van der Waals surface area contributed by atoms with Gasteiger partial charge in [-0.15, -0.1) is 0 Å². The second-order valence-electron chi connectivity index (χ2n) is 4.06. The lowest BCUT2D eigenvalue weighted by Crippen LogP contribution is -2.19. The Balaban J connectivity index is 2.52. The molecule has 0 saturated carbocycles. The van der Waals surface area contributed by atoms with E-state index in [0.717, 1.165) is 6.07 Å². The number of esters is 2. The zero-order valence-corrected chi connectivity index (χ0v) is 11.7. The molecule has 0 unspecified atom stereocenters. The van der Waals surface area contributed by atoms with Crippen LogP contribution in [0.25, 0.3) is 5.65 Å².